The van der Waals surface area contributed by atoms with Gasteiger partial charge in [-0.05, 0) is 25.7 Å². The molecule has 1 aliphatic carbocycles. The highest BCUT2D eigenvalue weighted by Gasteiger charge is 2.39. The highest BCUT2D eigenvalue weighted by atomic mass is 19.4. The van der Waals surface area contributed by atoms with Crippen LogP contribution >= 0.6 is 0 Å². The lowest BCUT2D eigenvalue weighted by Crippen LogP contribution is -2.46. The number of hydrogen-bond donors (Lipinski definition) is 0. The molecular weight excluding hydrogens is 377 g/mol. The van der Waals surface area contributed by atoms with Crippen molar-refractivity contribution < 1.29 is 22.4 Å². The van der Waals surface area contributed by atoms with Crippen LogP contribution < -0.4 is 9.80 Å². The van der Waals surface area contributed by atoms with Crippen molar-refractivity contribution in [2.24, 2.45) is 0 Å². The Labute approximate surface area is 159 Å². The van der Waals surface area contributed by atoms with E-state index in [1.165, 1.54) is 0 Å². The van der Waals surface area contributed by atoms with Crippen molar-refractivity contribution in [2.45, 2.75) is 50.6 Å². The first-order valence-electron chi connectivity index (χ1n) is 9.19. The molecule has 11 heteroatoms. The summed E-state index contributed by atoms with van der Waals surface area (Å²) < 4.78 is 49.4. The number of hydrogen-bond acceptors (Lipinski definition) is 8. The van der Waals surface area contributed by atoms with Crippen LogP contribution in [-0.2, 0) is 17.5 Å². The summed E-state index contributed by atoms with van der Waals surface area (Å²) in [5.41, 5.74) is -0.905. The van der Waals surface area contributed by atoms with Crippen molar-refractivity contribution in [1.82, 2.24) is 20.1 Å². The Kier molecular flexibility index (Phi) is 5.09. The molecule has 4 rings (SSSR count). The monoisotopic (exact) mass is 398 g/mol. The van der Waals surface area contributed by atoms with Crippen LogP contribution in [0.3, 0.4) is 0 Å². The number of halogens is 3. The van der Waals surface area contributed by atoms with Crippen molar-refractivity contribution in [3.8, 4) is 0 Å². The van der Waals surface area contributed by atoms with Gasteiger partial charge in [0, 0.05) is 38.3 Å². The molecule has 0 unspecified atom stereocenters. The molecule has 2 fully saturated rings. The average Bonchev–Trinajstić information content (AvgIpc) is 3.40. The third-order valence-electron chi connectivity index (χ3n) is 5.01. The molecule has 0 bridgehead atoms. The normalized spacial score (nSPS) is 18.5. The van der Waals surface area contributed by atoms with Crippen molar-refractivity contribution in [1.29, 1.82) is 0 Å². The Balaban J connectivity index is 1.46. The lowest BCUT2D eigenvalue weighted by molar-refractivity contribution is -0.141. The van der Waals surface area contributed by atoms with Gasteiger partial charge in [-0.3, -0.25) is 0 Å². The maximum atomic E-state index is 13.0. The molecule has 0 aromatic carbocycles. The number of piperidine rings is 1. The molecule has 8 nitrogen and oxygen atoms in total. The SMILES string of the molecule is COCc1noc(N2CCC(N(c3cc(C(F)(F)F)ncn3)C3CC3)CC2)n1. The van der Waals surface area contributed by atoms with Gasteiger partial charge in [0.05, 0.1) is 0 Å². The van der Waals surface area contributed by atoms with E-state index in [4.69, 9.17) is 9.26 Å². The summed E-state index contributed by atoms with van der Waals surface area (Å²) >= 11 is 0. The van der Waals surface area contributed by atoms with Crippen LogP contribution in [-0.4, -0.2) is 52.4 Å². The van der Waals surface area contributed by atoms with Gasteiger partial charge >= 0.3 is 12.2 Å². The maximum absolute atomic E-state index is 13.0. The molecule has 1 saturated carbocycles. The van der Waals surface area contributed by atoms with Gasteiger partial charge < -0.3 is 19.1 Å². The van der Waals surface area contributed by atoms with Crippen LogP contribution in [0.1, 0.15) is 37.2 Å². The van der Waals surface area contributed by atoms with Gasteiger partial charge in [0.15, 0.2) is 5.82 Å². The summed E-state index contributed by atoms with van der Waals surface area (Å²) in [6.07, 6.45) is -0.00845. The highest BCUT2D eigenvalue weighted by molar-refractivity contribution is 5.44. The van der Waals surface area contributed by atoms with E-state index >= 15 is 0 Å². The van der Waals surface area contributed by atoms with Gasteiger partial charge in [0.2, 0.25) is 0 Å². The van der Waals surface area contributed by atoms with Crippen molar-refractivity contribution in [2.75, 3.05) is 30.0 Å². The Morgan fingerprint density at radius 1 is 1.18 bits per heavy atom. The Bertz CT molecular complexity index is 802. The fourth-order valence-corrected chi connectivity index (χ4v) is 3.56. The Hall–Kier alpha value is -2.43. The summed E-state index contributed by atoms with van der Waals surface area (Å²) in [6.45, 7) is 1.64. The number of nitrogens with zero attached hydrogens (tertiary/aromatic N) is 6. The molecule has 28 heavy (non-hydrogen) atoms. The highest BCUT2D eigenvalue weighted by Crippen LogP contribution is 2.37. The Morgan fingerprint density at radius 2 is 1.89 bits per heavy atom. The first kappa shape index (κ1) is 18.9. The van der Waals surface area contributed by atoms with Crippen LogP contribution in [0.2, 0.25) is 0 Å². The minimum Gasteiger partial charge on any atom is -0.377 e. The fourth-order valence-electron chi connectivity index (χ4n) is 3.56. The van der Waals surface area contributed by atoms with Gasteiger partial charge in [-0.2, -0.15) is 18.2 Å². The van der Waals surface area contributed by atoms with E-state index in [-0.39, 0.29) is 18.7 Å². The minimum atomic E-state index is -4.48. The Morgan fingerprint density at radius 3 is 2.54 bits per heavy atom. The van der Waals surface area contributed by atoms with Gasteiger partial charge in [-0.1, -0.05) is 5.16 Å². The second-order valence-electron chi connectivity index (χ2n) is 7.04. The molecule has 0 amide bonds. The third-order valence-corrected chi connectivity index (χ3v) is 5.01. The number of rotatable bonds is 6. The zero-order valence-corrected chi connectivity index (χ0v) is 15.4. The summed E-state index contributed by atoms with van der Waals surface area (Å²) in [5.74, 6) is 0.836. The number of methoxy groups -OCH3 is 1. The van der Waals surface area contributed by atoms with E-state index in [0.29, 0.717) is 30.7 Å². The van der Waals surface area contributed by atoms with Gasteiger partial charge in [-0.15, -0.1) is 0 Å². The van der Waals surface area contributed by atoms with E-state index < -0.39 is 11.9 Å². The second kappa shape index (κ2) is 7.53. The number of anilines is 2. The molecule has 0 spiro atoms. The van der Waals surface area contributed by atoms with E-state index in [0.717, 1.165) is 38.1 Å². The van der Waals surface area contributed by atoms with Crippen molar-refractivity contribution in [3.63, 3.8) is 0 Å². The number of alkyl halides is 3. The van der Waals surface area contributed by atoms with E-state index in [1.54, 1.807) is 7.11 Å². The molecule has 3 heterocycles. The maximum Gasteiger partial charge on any atom is 0.433 e. The molecule has 0 radical (unpaired) electrons. The predicted octanol–water partition coefficient (Wildman–Crippen LogP) is 2.66. The molecule has 1 saturated heterocycles. The first-order chi connectivity index (χ1) is 13.5. The van der Waals surface area contributed by atoms with Crippen molar-refractivity contribution >= 4 is 11.8 Å². The molecule has 1 aliphatic heterocycles. The topological polar surface area (TPSA) is 80.4 Å². The molecule has 0 N–H and O–H groups in total. The molecular formula is C17H21F3N6O2. The average molecular weight is 398 g/mol. The predicted molar refractivity (Wildman–Crippen MR) is 92.8 cm³/mol. The summed E-state index contributed by atoms with van der Waals surface area (Å²) in [4.78, 5) is 15.9. The van der Waals surface area contributed by atoms with E-state index in [2.05, 4.69) is 20.1 Å². The molecule has 152 valence electrons. The van der Waals surface area contributed by atoms with Gasteiger partial charge in [0.1, 0.15) is 24.4 Å². The molecule has 2 aromatic rings. The van der Waals surface area contributed by atoms with Crippen LogP contribution in [0.5, 0.6) is 0 Å². The largest absolute Gasteiger partial charge is 0.433 e. The molecule has 2 aromatic heterocycles. The van der Waals surface area contributed by atoms with Gasteiger partial charge in [-0.25, -0.2) is 9.97 Å². The second-order valence-corrected chi connectivity index (χ2v) is 7.04. The van der Waals surface area contributed by atoms with Crippen LogP contribution in [0.15, 0.2) is 16.9 Å². The lowest BCUT2D eigenvalue weighted by atomic mass is 10.0. The van der Waals surface area contributed by atoms with Crippen molar-refractivity contribution in [3.05, 3.63) is 23.9 Å². The minimum absolute atomic E-state index is 0.112. The molecule has 2 aliphatic rings. The quantitative estimate of drug-likeness (QED) is 0.735. The first-order valence-corrected chi connectivity index (χ1v) is 9.19. The van der Waals surface area contributed by atoms with Crippen LogP contribution in [0.4, 0.5) is 25.0 Å². The third kappa shape index (κ3) is 4.03. The van der Waals surface area contributed by atoms with E-state index in [1.807, 2.05) is 9.80 Å². The van der Waals surface area contributed by atoms with E-state index in [9.17, 15) is 13.2 Å². The standard InChI is InChI=1S/C17H21F3N6O2/c1-27-9-14-23-16(28-24-14)25-6-4-12(5-7-25)26(11-2-3-11)15-8-13(17(18,19)20)21-10-22-15/h8,10-12H,2-7,9H2,1H3. The van der Waals surface area contributed by atoms with Crippen LogP contribution in [0, 0.1) is 0 Å². The summed E-state index contributed by atoms with van der Waals surface area (Å²) in [6, 6.07) is 1.86. The van der Waals surface area contributed by atoms with Gasteiger partial charge in [0.25, 0.3) is 0 Å². The van der Waals surface area contributed by atoms with Crippen LogP contribution in [0.25, 0.3) is 0 Å². The lowest BCUT2D eigenvalue weighted by Gasteiger charge is -2.38. The number of aromatic nitrogens is 4. The summed E-state index contributed by atoms with van der Waals surface area (Å²) in [5, 5.41) is 3.87. The molecule has 0 atom stereocenters. The fraction of sp³-hybridized carbons (Fsp3) is 0.647. The summed E-state index contributed by atoms with van der Waals surface area (Å²) in [7, 11) is 1.56. The number of ether oxygens (including phenoxy) is 1. The zero-order valence-electron chi connectivity index (χ0n) is 15.4. The smallest absolute Gasteiger partial charge is 0.377 e. The zero-order chi connectivity index (χ0) is 19.7.